The van der Waals surface area contributed by atoms with Gasteiger partial charge >= 0.3 is 0 Å². The Hall–Kier alpha value is -4.13. The lowest BCUT2D eigenvalue weighted by molar-refractivity contribution is -0.130. The van der Waals surface area contributed by atoms with Gasteiger partial charge in [-0.2, -0.15) is 5.10 Å². The fraction of sp³-hybridized carbons (Fsp3) is 0.125. The molecule has 3 aromatic rings. The molecule has 1 aliphatic rings. The SMILES string of the molecule is Cc1ccc(C(=O)Nc2cccc(/C=N\NC(=O)[C@@H]3COc4ccccc4O3)c2)cc1. The van der Waals surface area contributed by atoms with Gasteiger partial charge in [-0.1, -0.05) is 42.0 Å². The van der Waals surface area contributed by atoms with Gasteiger partial charge in [0, 0.05) is 11.3 Å². The molecule has 3 aromatic carbocycles. The first-order chi connectivity index (χ1) is 15.1. The number of rotatable bonds is 5. The highest BCUT2D eigenvalue weighted by Crippen LogP contribution is 2.30. The van der Waals surface area contributed by atoms with Gasteiger partial charge in [0.05, 0.1) is 6.21 Å². The maximum Gasteiger partial charge on any atom is 0.284 e. The third-order valence-electron chi connectivity index (χ3n) is 4.65. The molecule has 0 saturated carbocycles. The van der Waals surface area contributed by atoms with E-state index in [1.807, 2.05) is 37.3 Å². The van der Waals surface area contributed by atoms with Crippen LogP contribution in [0.15, 0.2) is 77.9 Å². The molecule has 1 atom stereocenters. The second kappa shape index (κ2) is 9.13. The molecule has 0 saturated heterocycles. The Bertz CT molecular complexity index is 1130. The third-order valence-corrected chi connectivity index (χ3v) is 4.65. The molecule has 31 heavy (non-hydrogen) atoms. The molecule has 2 N–H and O–H groups in total. The molecule has 0 spiro atoms. The summed E-state index contributed by atoms with van der Waals surface area (Å²) in [5.74, 6) is 0.529. The number of ether oxygens (including phenoxy) is 2. The van der Waals surface area contributed by atoms with Crippen LogP contribution in [0, 0.1) is 6.92 Å². The minimum Gasteiger partial charge on any atom is -0.485 e. The van der Waals surface area contributed by atoms with Crippen LogP contribution in [0.2, 0.25) is 0 Å². The first-order valence-corrected chi connectivity index (χ1v) is 9.78. The van der Waals surface area contributed by atoms with Gasteiger partial charge in [-0.15, -0.1) is 0 Å². The standard InChI is InChI=1S/C24H21N3O4/c1-16-9-11-18(12-10-16)23(28)26-19-6-4-5-17(13-19)14-25-27-24(29)22-15-30-20-7-2-3-8-21(20)31-22/h2-14,22H,15H2,1H3,(H,26,28)(H,27,29)/b25-14-/t22-/m0/s1. The van der Waals surface area contributed by atoms with Gasteiger partial charge in [0.2, 0.25) is 6.10 Å². The molecule has 7 nitrogen and oxygen atoms in total. The van der Waals surface area contributed by atoms with Crippen LogP contribution in [0.3, 0.4) is 0 Å². The van der Waals surface area contributed by atoms with Gasteiger partial charge in [0.15, 0.2) is 11.5 Å². The molecular weight excluding hydrogens is 394 g/mol. The summed E-state index contributed by atoms with van der Waals surface area (Å²) in [6.07, 6.45) is 0.712. The Morgan fingerprint density at radius 2 is 1.77 bits per heavy atom. The van der Waals surface area contributed by atoms with Crippen molar-refractivity contribution >= 4 is 23.7 Å². The van der Waals surface area contributed by atoms with Crippen LogP contribution < -0.4 is 20.2 Å². The molecule has 0 aromatic heterocycles. The molecule has 156 valence electrons. The zero-order valence-corrected chi connectivity index (χ0v) is 16.9. The number of hydrogen-bond donors (Lipinski definition) is 2. The molecule has 0 radical (unpaired) electrons. The molecule has 0 bridgehead atoms. The van der Waals surface area contributed by atoms with E-state index in [9.17, 15) is 9.59 Å². The summed E-state index contributed by atoms with van der Waals surface area (Å²) < 4.78 is 11.2. The molecule has 1 aliphatic heterocycles. The van der Waals surface area contributed by atoms with Crippen LogP contribution in [0.4, 0.5) is 5.69 Å². The number of fused-ring (bicyclic) bond motifs is 1. The number of nitrogens with zero attached hydrogens (tertiary/aromatic N) is 1. The topological polar surface area (TPSA) is 89.0 Å². The first kappa shape index (κ1) is 20.2. The highest BCUT2D eigenvalue weighted by atomic mass is 16.6. The minimum atomic E-state index is -0.785. The normalized spacial score (nSPS) is 14.8. The Labute approximate surface area is 179 Å². The second-order valence-corrected chi connectivity index (χ2v) is 7.04. The number of para-hydroxylation sites is 2. The van der Waals surface area contributed by atoms with E-state index in [4.69, 9.17) is 9.47 Å². The van der Waals surface area contributed by atoms with Crippen molar-refractivity contribution in [2.75, 3.05) is 11.9 Å². The summed E-state index contributed by atoms with van der Waals surface area (Å²) >= 11 is 0. The predicted molar refractivity (Wildman–Crippen MR) is 118 cm³/mol. The monoisotopic (exact) mass is 415 g/mol. The zero-order valence-electron chi connectivity index (χ0n) is 16.9. The summed E-state index contributed by atoms with van der Waals surface area (Å²) in [5, 5.41) is 6.84. The van der Waals surface area contributed by atoms with E-state index in [1.54, 1.807) is 42.5 Å². The van der Waals surface area contributed by atoms with Gasteiger partial charge in [0.1, 0.15) is 6.61 Å². The molecule has 1 heterocycles. The largest absolute Gasteiger partial charge is 0.485 e. The molecular formula is C24H21N3O4. The van der Waals surface area contributed by atoms with Gasteiger partial charge in [-0.3, -0.25) is 9.59 Å². The number of carbonyl (C=O) groups is 2. The number of hydrazone groups is 1. The van der Waals surface area contributed by atoms with Crippen LogP contribution in [0.1, 0.15) is 21.5 Å². The summed E-state index contributed by atoms with van der Waals surface area (Å²) in [7, 11) is 0. The van der Waals surface area contributed by atoms with E-state index < -0.39 is 12.0 Å². The van der Waals surface area contributed by atoms with Gasteiger partial charge in [-0.25, -0.2) is 5.43 Å². The first-order valence-electron chi connectivity index (χ1n) is 9.78. The Morgan fingerprint density at radius 1 is 1.00 bits per heavy atom. The van der Waals surface area contributed by atoms with Crippen LogP contribution in [-0.2, 0) is 4.79 Å². The fourth-order valence-electron chi connectivity index (χ4n) is 3.00. The molecule has 2 amide bonds. The van der Waals surface area contributed by atoms with Crippen molar-refractivity contribution in [2.45, 2.75) is 13.0 Å². The highest BCUT2D eigenvalue weighted by Gasteiger charge is 2.26. The molecule has 7 heteroatoms. The Morgan fingerprint density at radius 3 is 2.58 bits per heavy atom. The van der Waals surface area contributed by atoms with E-state index in [1.165, 1.54) is 6.21 Å². The summed E-state index contributed by atoms with van der Waals surface area (Å²) in [5.41, 5.74) is 5.47. The smallest absolute Gasteiger partial charge is 0.284 e. The average molecular weight is 415 g/mol. The number of hydrogen-bond acceptors (Lipinski definition) is 5. The van der Waals surface area contributed by atoms with Crippen molar-refractivity contribution in [3.8, 4) is 11.5 Å². The maximum atomic E-state index is 12.4. The van der Waals surface area contributed by atoms with E-state index in [0.29, 0.717) is 28.3 Å². The highest BCUT2D eigenvalue weighted by molar-refractivity contribution is 6.04. The van der Waals surface area contributed by atoms with Crippen molar-refractivity contribution in [2.24, 2.45) is 5.10 Å². The fourth-order valence-corrected chi connectivity index (χ4v) is 3.00. The minimum absolute atomic E-state index is 0.110. The van der Waals surface area contributed by atoms with Crippen molar-refractivity contribution < 1.29 is 19.1 Å². The van der Waals surface area contributed by atoms with Gasteiger partial charge < -0.3 is 14.8 Å². The van der Waals surface area contributed by atoms with Crippen molar-refractivity contribution in [3.05, 3.63) is 89.5 Å². The predicted octanol–water partition coefficient (Wildman–Crippen LogP) is 3.54. The van der Waals surface area contributed by atoms with E-state index >= 15 is 0 Å². The summed E-state index contributed by atoms with van der Waals surface area (Å²) in [6.45, 7) is 2.08. The number of benzene rings is 3. The number of carbonyl (C=O) groups excluding carboxylic acids is 2. The van der Waals surface area contributed by atoms with Crippen LogP contribution in [0.5, 0.6) is 11.5 Å². The van der Waals surface area contributed by atoms with Crippen LogP contribution in [0.25, 0.3) is 0 Å². The third kappa shape index (κ3) is 5.08. The van der Waals surface area contributed by atoms with Crippen molar-refractivity contribution in [1.82, 2.24) is 5.43 Å². The Kier molecular flexibility index (Phi) is 5.93. The quantitative estimate of drug-likeness (QED) is 0.493. The number of aryl methyl sites for hydroxylation is 1. The number of anilines is 1. The molecule has 0 unspecified atom stereocenters. The molecule has 4 rings (SSSR count). The van der Waals surface area contributed by atoms with E-state index in [2.05, 4.69) is 15.8 Å². The lowest BCUT2D eigenvalue weighted by Crippen LogP contribution is -2.42. The van der Waals surface area contributed by atoms with E-state index in [-0.39, 0.29) is 12.5 Å². The summed E-state index contributed by atoms with van der Waals surface area (Å²) in [4.78, 5) is 24.7. The molecule has 0 fully saturated rings. The van der Waals surface area contributed by atoms with Crippen molar-refractivity contribution in [1.29, 1.82) is 0 Å². The number of nitrogens with one attached hydrogen (secondary N) is 2. The zero-order chi connectivity index (χ0) is 21.6. The second-order valence-electron chi connectivity index (χ2n) is 7.04. The van der Waals surface area contributed by atoms with Gasteiger partial charge in [0.25, 0.3) is 11.8 Å². The summed E-state index contributed by atoms with van der Waals surface area (Å²) in [6, 6.07) is 21.7. The lowest BCUT2D eigenvalue weighted by Gasteiger charge is -2.24. The molecule has 0 aliphatic carbocycles. The lowest BCUT2D eigenvalue weighted by atomic mass is 10.1. The average Bonchev–Trinajstić information content (AvgIpc) is 2.79. The maximum absolute atomic E-state index is 12.4. The van der Waals surface area contributed by atoms with E-state index in [0.717, 1.165) is 5.56 Å². The van der Waals surface area contributed by atoms with Crippen LogP contribution >= 0.6 is 0 Å². The van der Waals surface area contributed by atoms with Gasteiger partial charge in [-0.05, 0) is 48.9 Å². The van der Waals surface area contributed by atoms with Crippen LogP contribution in [-0.4, -0.2) is 30.7 Å². The number of amides is 2. The van der Waals surface area contributed by atoms with Crippen molar-refractivity contribution in [3.63, 3.8) is 0 Å². The Balaban J connectivity index is 1.34.